The van der Waals surface area contributed by atoms with Gasteiger partial charge >= 0.3 is 0 Å². The largest absolute Gasteiger partial charge is 0.370 e. The van der Waals surface area contributed by atoms with E-state index >= 15 is 0 Å². The minimum Gasteiger partial charge on any atom is -0.370 e. The topological polar surface area (TPSA) is 65.4 Å². The normalized spacial score (nSPS) is 20.7. The van der Waals surface area contributed by atoms with Crippen LogP contribution in [-0.2, 0) is 6.42 Å². The Kier molecular flexibility index (Phi) is 6.23. The molecule has 1 heterocycles. The third kappa shape index (κ3) is 4.56. The lowest BCUT2D eigenvalue weighted by molar-refractivity contribution is 0.402. The number of guanidine groups is 1. The molecule has 2 aromatic rings. The van der Waals surface area contributed by atoms with Crippen LogP contribution >= 0.6 is 0 Å². The van der Waals surface area contributed by atoms with Crippen LogP contribution in [0.1, 0.15) is 42.4 Å². The predicted molar refractivity (Wildman–Crippen MR) is 128 cm³/mol. The zero-order chi connectivity index (χ0) is 21.8. The summed E-state index contributed by atoms with van der Waals surface area (Å²) in [5.41, 5.74) is 14.8. The molecule has 2 N–H and O–H groups in total. The zero-order valence-electron chi connectivity index (χ0n) is 18.4. The van der Waals surface area contributed by atoms with Crippen molar-refractivity contribution in [1.82, 2.24) is 4.90 Å². The lowest BCUT2D eigenvalue weighted by Crippen LogP contribution is -2.44. The maximum atomic E-state index is 9.21. The highest BCUT2D eigenvalue weighted by Gasteiger charge is 2.25. The fourth-order valence-corrected chi connectivity index (χ4v) is 4.64. The number of benzene rings is 2. The highest BCUT2D eigenvalue weighted by molar-refractivity contribution is 5.79. The van der Waals surface area contributed by atoms with E-state index in [-0.39, 0.29) is 6.04 Å². The smallest absolute Gasteiger partial charge is 0.191 e. The van der Waals surface area contributed by atoms with Crippen LogP contribution in [0, 0.1) is 18.3 Å². The summed E-state index contributed by atoms with van der Waals surface area (Å²) in [4.78, 5) is 6.76. The molecule has 0 amide bonds. The van der Waals surface area contributed by atoms with Gasteiger partial charge in [0.1, 0.15) is 0 Å². The van der Waals surface area contributed by atoms with Gasteiger partial charge in [-0.3, -0.25) is 4.99 Å². The number of rotatable bonds is 3. The van der Waals surface area contributed by atoms with Crippen LogP contribution in [0.3, 0.4) is 0 Å². The average molecular weight is 411 g/mol. The molecule has 1 unspecified atom stereocenters. The molecule has 0 fully saturated rings. The second-order valence-electron chi connectivity index (χ2n) is 8.51. The molecule has 0 saturated heterocycles. The first-order valence-electron chi connectivity index (χ1n) is 11.1. The second kappa shape index (κ2) is 9.22. The molecular weight excluding hydrogens is 380 g/mol. The zero-order valence-corrected chi connectivity index (χ0v) is 18.4. The number of nitrogens with zero attached hydrogens (tertiary/aromatic N) is 3. The Labute approximate surface area is 185 Å². The van der Waals surface area contributed by atoms with Gasteiger partial charge in [0.15, 0.2) is 5.96 Å². The van der Waals surface area contributed by atoms with Crippen molar-refractivity contribution in [3.05, 3.63) is 82.5 Å². The average Bonchev–Trinajstić information content (AvgIpc) is 2.85. The first-order chi connectivity index (χ1) is 15.1. The number of allylic oxidation sites excluding steroid dienone is 2. The van der Waals surface area contributed by atoms with E-state index in [9.17, 15) is 5.26 Å². The van der Waals surface area contributed by atoms with E-state index in [2.05, 4.69) is 66.4 Å². The highest BCUT2D eigenvalue weighted by Crippen LogP contribution is 2.31. The van der Waals surface area contributed by atoms with Crippen molar-refractivity contribution >= 4 is 5.96 Å². The van der Waals surface area contributed by atoms with E-state index in [4.69, 9.17) is 5.73 Å². The molecule has 1 aliphatic carbocycles. The molecule has 2 aromatic carbocycles. The Morgan fingerprint density at radius 2 is 2.00 bits per heavy atom. The van der Waals surface area contributed by atoms with E-state index in [0.717, 1.165) is 49.8 Å². The SMILES string of the molecule is Cc1cc(-c2cccc(C#N)c2)ccc1CC1C2=C(CCC=C2)CCC/N=C(/N)N1C. The molecule has 1 atom stereocenters. The summed E-state index contributed by atoms with van der Waals surface area (Å²) in [7, 11) is 2.07. The number of nitriles is 1. The lowest BCUT2D eigenvalue weighted by Gasteiger charge is -2.33. The first-order valence-corrected chi connectivity index (χ1v) is 11.1. The number of aryl methyl sites for hydroxylation is 1. The van der Waals surface area contributed by atoms with Crippen molar-refractivity contribution in [1.29, 1.82) is 5.26 Å². The fourth-order valence-electron chi connectivity index (χ4n) is 4.64. The van der Waals surface area contributed by atoms with Crippen LogP contribution in [-0.4, -0.2) is 30.5 Å². The van der Waals surface area contributed by atoms with E-state index in [1.807, 2.05) is 18.2 Å². The number of hydrogen-bond acceptors (Lipinski definition) is 4. The summed E-state index contributed by atoms with van der Waals surface area (Å²) in [6.45, 7) is 2.96. The molecule has 4 heteroatoms. The maximum absolute atomic E-state index is 9.21. The van der Waals surface area contributed by atoms with Crippen molar-refractivity contribution < 1.29 is 0 Å². The van der Waals surface area contributed by atoms with Gasteiger partial charge in [-0.05, 0) is 79.0 Å². The van der Waals surface area contributed by atoms with E-state index in [1.165, 1.54) is 16.7 Å². The molecule has 4 nitrogen and oxygen atoms in total. The van der Waals surface area contributed by atoms with Gasteiger partial charge in [0.2, 0.25) is 0 Å². The Bertz CT molecular complexity index is 1100. The Balaban J connectivity index is 1.68. The van der Waals surface area contributed by atoms with Gasteiger partial charge in [-0.15, -0.1) is 0 Å². The number of likely N-dealkylation sites (N-methyl/N-ethyl adjacent to an activating group) is 1. The van der Waals surface area contributed by atoms with Crippen LogP contribution in [0.4, 0.5) is 0 Å². The lowest BCUT2D eigenvalue weighted by atomic mass is 9.85. The van der Waals surface area contributed by atoms with Crippen LogP contribution in [0.5, 0.6) is 0 Å². The summed E-state index contributed by atoms with van der Waals surface area (Å²) in [5, 5.41) is 9.21. The molecule has 0 radical (unpaired) electrons. The number of nitrogens with two attached hydrogens (primary N) is 1. The van der Waals surface area contributed by atoms with Crippen molar-refractivity contribution in [3.63, 3.8) is 0 Å². The molecular formula is C27H30N4. The molecule has 0 spiro atoms. The highest BCUT2D eigenvalue weighted by atomic mass is 15.3. The quantitative estimate of drug-likeness (QED) is 0.763. The van der Waals surface area contributed by atoms with Gasteiger partial charge in [0.05, 0.1) is 17.7 Å². The van der Waals surface area contributed by atoms with E-state index < -0.39 is 0 Å². The van der Waals surface area contributed by atoms with Gasteiger partial charge in [0.25, 0.3) is 0 Å². The molecule has 31 heavy (non-hydrogen) atoms. The minimum absolute atomic E-state index is 0.180. The van der Waals surface area contributed by atoms with Crippen LogP contribution in [0.2, 0.25) is 0 Å². The summed E-state index contributed by atoms with van der Waals surface area (Å²) >= 11 is 0. The number of hydrogen-bond donors (Lipinski definition) is 1. The molecule has 2 aliphatic rings. The van der Waals surface area contributed by atoms with Gasteiger partial charge in [-0.25, -0.2) is 0 Å². The molecule has 0 bridgehead atoms. The standard InChI is InChI=1S/C27H30N4/c1-19-15-24(23-9-5-7-20(16-23)18-28)13-12-22(19)17-26-25-11-4-3-8-21(25)10-6-14-30-27(29)31(26)2/h4-5,7,9,11-13,15-16,26H,3,6,8,10,14,17H2,1-2H3,(H2,29,30). The first kappa shape index (κ1) is 20.9. The minimum atomic E-state index is 0.180. The van der Waals surface area contributed by atoms with Crippen LogP contribution in [0.25, 0.3) is 11.1 Å². The van der Waals surface area contributed by atoms with Crippen molar-refractivity contribution in [3.8, 4) is 17.2 Å². The Hall–Kier alpha value is -3.32. The van der Waals surface area contributed by atoms with Crippen molar-refractivity contribution in [2.24, 2.45) is 10.7 Å². The fraction of sp³-hybridized carbons (Fsp3) is 0.333. The Morgan fingerprint density at radius 1 is 1.16 bits per heavy atom. The van der Waals surface area contributed by atoms with Gasteiger partial charge in [-0.2, -0.15) is 5.26 Å². The number of aliphatic imine (C=N–C) groups is 1. The van der Waals surface area contributed by atoms with E-state index in [0.29, 0.717) is 11.5 Å². The summed E-state index contributed by atoms with van der Waals surface area (Å²) < 4.78 is 0. The molecule has 0 aromatic heterocycles. The second-order valence-corrected chi connectivity index (χ2v) is 8.51. The maximum Gasteiger partial charge on any atom is 0.191 e. The predicted octanol–water partition coefficient (Wildman–Crippen LogP) is 5.13. The summed E-state index contributed by atoms with van der Waals surface area (Å²) in [6.07, 6.45) is 9.93. The molecule has 1 aliphatic heterocycles. The van der Waals surface area contributed by atoms with Gasteiger partial charge < -0.3 is 10.6 Å². The van der Waals surface area contributed by atoms with E-state index in [1.54, 1.807) is 5.57 Å². The monoisotopic (exact) mass is 410 g/mol. The Morgan fingerprint density at radius 3 is 2.81 bits per heavy atom. The van der Waals surface area contributed by atoms with Crippen LogP contribution < -0.4 is 5.73 Å². The molecule has 4 rings (SSSR count). The molecule has 158 valence electrons. The van der Waals surface area contributed by atoms with Crippen molar-refractivity contribution in [2.75, 3.05) is 13.6 Å². The van der Waals surface area contributed by atoms with Gasteiger partial charge in [0, 0.05) is 13.6 Å². The van der Waals surface area contributed by atoms with Gasteiger partial charge in [-0.1, -0.05) is 48.1 Å². The van der Waals surface area contributed by atoms with Crippen LogP contribution in [0.15, 0.2) is 70.8 Å². The van der Waals surface area contributed by atoms with Crippen molar-refractivity contribution in [2.45, 2.75) is 45.1 Å². The third-order valence-electron chi connectivity index (χ3n) is 6.50. The third-order valence-corrected chi connectivity index (χ3v) is 6.50. The summed E-state index contributed by atoms with van der Waals surface area (Å²) in [5.74, 6) is 0.625. The summed E-state index contributed by atoms with van der Waals surface area (Å²) in [6, 6.07) is 16.8. The molecule has 0 saturated carbocycles.